The van der Waals surface area contributed by atoms with Crippen molar-refractivity contribution in [2.24, 2.45) is 5.41 Å². The van der Waals surface area contributed by atoms with Crippen molar-refractivity contribution in [1.82, 2.24) is 5.32 Å². The van der Waals surface area contributed by atoms with Crippen LogP contribution in [0.2, 0.25) is 15.1 Å². The van der Waals surface area contributed by atoms with Crippen LogP contribution in [-0.4, -0.2) is 37.0 Å². The Bertz CT molecular complexity index is 1610. The van der Waals surface area contributed by atoms with Crippen molar-refractivity contribution in [1.29, 1.82) is 0 Å². The van der Waals surface area contributed by atoms with Crippen LogP contribution in [0.15, 0.2) is 54.6 Å². The van der Waals surface area contributed by atoms with Crippen molar-refractivity contribution < 1.29 is 23.5 Å². The summed E-state index contributed by atoms with van der Waals surface area (Å²) in [5.41, 5.74) is 0.0327. The van der Waals surface area contributed by atoms with Gasteiger partial charge >= 0.3 is 5.97 Å². The van der Waals surface area contributed by atoms with Crippen LogP contribution >= 0.6 is 34.8 Å². The fourth-order valence-corrected chi connectivity index (χ4v) is 6.85. The second kappa shape index (κ2) is 11.2. The molecule has 7 nitrogen and oxygen atoms in total. The van der Waals surface area contributed by atoms with Gasteiger partial charge in [0.05, 0.1) is 28.8 Å². The molecule has 0 saturated carbocycles. The maximum Gasteiger partial charge on any atom is 0.339 e. The number of rotatable bonds is 5. The molecular formula is C31H29Cl3FN3O4. The average Bonchev–Trinajstić information content (AvgIpc) is 3.38. The zero-order chi connectivity index (χ0) is 30.6. The molecule has 0 aromatic heterocycles. The summed E-state index contributed by atoms with van der Waals surface area (Å²) >= 11 is 18.8. The minimum Gasteiger partial charge on any atom is -0.465 e. The molecular weight excluding hydrogens is 604 g/mol. The highest BCUT2D eigenvalue weighted by atomic mass is 35.5. The highest BCUT2D eigenvalue weighted by Gasteiger charge is 2.66. The summed E-state index contributed by atoms with van der Waals surface area (Å²) in [5.74, 6) is -3.22. The van der Waals surface area contributed by atoms with Gasteiger partial charge in [-0.2, -0.15) is 0 Å². The number of methoxy groups -OCH3 is 1. The van der Waals surface area contributed by atoms with Gasteiger partial charge in [-0.25, -0.2) is 9.18 Å². The van der Waals surface area contributed by atoms with Crippen LogP contribution in [0.25, 0.3) is 0 Å². The summed E-state index contributed by atoms with van der Waals surface area (Å²) < 4.78 is 20.6. The Morgan fingerprint density at radius 1 is 1.05 bits per heavy atom. The number of halogens is 4. The van der Waals surface area contributed by atoms with Crippen LogP contribution in [-0.2, 0) is 19.7 Å². The molecule has 1 spiro atoms. The highest BCUT2D eigenvalue weighted by molar-refractivity contribution is 6.34. The quantitative estimate of drug-likeness (QED) is 0.264. The number of anilines is 2. The first-order chi connectivity index (χ1) is 19.8. The van der Waals surface area contributed by atoms with Crippen molar-refractivity contribution >= 4 is 64.0 Å². The summed E-state index contributed by atoms with van der Waals surface area (Å²) in [6, 6.07) is 12.4. The van der Waals surface area contributed by atoms with E-state index < -0.39 is 41.1 Å². The topological polar surface area (TPSA) is 96.5 Å². The summed E-state index contributed by atoms with van der Waals surface area (Å²) in [7, 11) is 1.24. The normalized spacial score (nSPS) is 23.0. The average molecular weight is 633 g/mol. The van der Waals surface area contributed by atoms with E-state index >= 15 is 4.39 Å². The first kappa shape index (κ1) is 30.3. The Morgan fingerprint density at radius 3 is 2.45 bits per heavy atom. The molecule has 220 valence electrons. The minimum absolute atomic E-state index is 0.0829. The fraction of sp³-hybridized carbons (Fsp3) is 0.323. The van der Waals surface area contributed by atoms with Gasteiger partial charge in [-0.05, 0) is 59.4 Å². The number of hydrogen-bond donors (Lipinski definition) is 3. The molecule has 0 bridgehead atoms. The largest absolute Gasteiger partial charge is 0.465 e. The second-order valence-electron chi connectivity index (χ2n) is 11.8. The monoisotopic (exact) mass is 631 g/mol. The molecule has 3 aromatic rings. The van der Waals surface area contributed by atoms with Crippen LogP contribution in [0.4, 0.5) is 15.8 Å². The molecule has 5 rings (SSSR count). The van der Waals surface area contributed by atoms with E-state index in [1.54, 1.807) is 30.3 Å². The second-order valence-corrected chi connectivity index (χ2v) is 13.0. The number of fused-ring (bicyclic) bond motifs is 2. The molecule has 2 heterocycles. The van der Waals surface area contributed by atoms with Gasteiger partial charge in [-0.3, -0.25) is 9.59 Å². The number of carbonyl (C=O) groups excluding carboxylic acids is 3. The van der Waals surface area contributed by atoms with Crippen molar-refractivity contribution in [3.63, 3.8) is 0 Å². The van der Waals surface area contributed by atoms with Crippen LogP contribution in [0.5, 0.6) is 0 Å². The third-order valence-corrected chi connectivity index (χ3v) is 8.70. The van der Waals surface area contributed by atoms with Gasteiger partial charge < -0.3 is 20.7 Å². The summed E-state index contributed by atoms with van der Waals surface area (Å²) in [4.78, 5) is 40.3. The Morgan fingerprint density at radius 2 is 1.79 bits per heavy atom. The van der Waals surface area contributed by atoms with E-state index in [2.05, 4.69) is 16.0 Å². The van der Waals surface area contributed by atoms with Crippen LogP contribution < -0.4 is 16.0 Å². The fourth-order valence-electron chi connectivity index (χ4n) is 6.24. The lowest BCUT2D eigenvalue weighted by molar-refractivity contribution is -0.122. The zero-order valence-electron chi connectivity index (χ0n) is 23.3. The van der Waals surface area contributed by atoms with Crippen molar-refractivity contribution in [3.05, 3.63) is 92.2 Å². The standard InChI is InChI=1S/C31H29Cl3FN3O4/c1-30(2,3)14-23-31(19-11-8-15(32)12-22(19)37-29(31)41)24(18-6-5-7-20(33)25(18)35)26(38-23)27(39)36-16-9-10-17(21(34)13-16)28(40)42-4/h5-13,23-24,26,38H,14H2,1-4H3,(H,36,39)(H,37,41)/t23-,24-,26+,31+/m0/s1. The van der Waals surface area contributed by atoms with E-state index in [0.29, 0.717) is 28.4 Å². The van der Waals surface area contributed by atoms with Crippen molar-refractivity contribution in [3.8, 4) is 0 Å². The Labute approximate surface area is 258 Å². The van der Waals surface area contributed by atoms with E-state index in [0.717, 1.165) is 0 Å². The lowest BCUT2D eigenvalue weighted by Crippen LogP contribution is -2.49. The molecule has 4 atom stereocenters. The first-order valence-electron chi connectivity index (χ1n) is 13.3. The number of nitrogens with one attached hydrogen (secondary N) is 3. The third-order valence-electron chi connectivity index (χ3n) is 7.86. The van der Waals surface area contributed by atoms with Crippen LogP contribution in [0.3, 0.4) is 0 Å². The smallest absolute Gasteiger partial charge is 0.339 e. The van der Waals surface area contributed by atoms with Gasteiger partial charge in [0, 0.05) is 28.4 Å². The minimum atomic E-state index is -1.38. The number of hydrogen-bond acceptors (Lipinski definition) is 5. The molecule has 1 saturated heterocycles. The number of benzene rings is 3. The Balaban J connectivity index is 1.67. The van der Waals surface area contributed by atoms with Gasteiger partial charge in [0.2, 0.25) is 11.8 Å². The van der Waals surface area contributed by atoms with E-state index in [4.69, 9.17) is 39.5 Å². The molecule has 3 N–H and O–H groups in total. The van der Waals surface area contributed by atoms with Gasteiger partial charge in [0.1, 0.15) is 11.2 Å². The molecule has 2 amide bonds. The Hall–Kier alpha value is -3.17. The van der Waals surface area contributed by atoms with Gasteiger partial charge in [0.15, 0.2) is 0 Å². The maximum absolute atomic E-state index is 15.9. The number of carbonyl (C=O) groups is 3. The predicted molar refractivity (Wildman–Crippen MR) is 162 cm³/mol. The lowest BCUT2D eigenvalue weighted by Gasteiger charge is -2.37. The molecule has 0 aliphatic carbocycles. The Kier molecular flexibility index (Phi) is 8.04. The van der Waals surface area contributed by atoms with E-state index in [9.17, 15) is 14.4 Å². The number of ether oxygens (including phenoxy) is 1. The zero-order valence-corrected chi connectivity index (χ0v) is 25.5. The summed E-state index contributed by atoms with van der Waals surface area (Å²) in [6.07, 6.45) is 0.477. The molecule has 42 heavy (non-hydrogen) atoms. The molecule has 2 aliphatic rings. The van der Waals surface area contributed by atoms with Gasteiger partial charge in [-0.1, -0.05) is 73.8 Å². The lowest BCUT2D eigenvalue weighted by atomic mass is 9.62. The molecule has 11 heteroatoms. The van der Waals surface area contributed by atoms with E-state index in [1.807, 2.05) is 20.8 Å². The van der Waals surface area contributed by atoms with Gasteiger partial charge in [0.25, 0.3) is 0 Å². The molecule has 0 radical (unpaired) electrons. The predicted octanol–water partition coefficient (Wildman–Crippen LogP) is 6.96. The number of amides is 2. The first-order valence-corrected chi connectivity index (χ1v) is 14.4. The molecule has 3 aromatic carbocycles. The van der Waals surface area contributed by atoms with E-state index in [1.165, 1.54) is 31.4 Å². The van der Waals surface area contributed by atoms with Crippen LogP contribution in [0, 0.1) is 11.2 Å². The molecule has 2 aliphatic heterocycles. The van der Waals surface area contributed by atoms with Crippen molar-refractivity contribution in [2.75, 3.05) is 17.7 Å². The third kappa shape index (κ3) is 5.15. The maximum atomic E-state index is 15.9. The molecule has 1 fully saturated rings. The summed E-state index contributed by atoms with van der Waals surface area (Å²) in [6.45, 7) is 6.10. The van der Waals surface area contributed by atoms with Crippen molar-refractivity contribution in [2.45, 2.75) is 50.6 Å². The summed E-state index contributed by atoms with van der Waals surface area (Å²) in [5, 5.41) is 9.58. The number of esters is 1. The van der Waals surface area contributed by atoms with Gasteiger partial charge in [-0.15, -0.1) is 0 Å². The van der Waals surface area contributed by atoms with Crippen LogP contribution in [0.1, 0.15) is 54.6 Å². The highest BCUT2D eigenvalue weighted by Crippen LogP contribution is 2.57. The molecule has 0 unspecified atom stereocenters. The SMILES string of the molecule is COC(=O)c1ccc(NC(=O)[C@@H]2N[C@@H](CC(C)(C)C)[C@@]3(C(=O)Nc4cc(Cl)ccc43)[C@H]2c2cccc(Cl)c2F)cc1Cl. The van der Waals surface area contributed by atoms with E-state index in [-0.39, 0.29) is 32.5 Å².